The second-order valence-corrected chi connectivity index (χ2v) is 7.19. The summed E-state index contributed by atoms with van der Waals surface area (Å²) in [5.74, 6) is -0.561. The van der Waals surface area contributed by atoms with E-state index in [-0.39, 0.29) is 11.4 Å². The highest BCUT2D eigenvalue weighted by molar-refractivity contribution is 7.92. The number of sulfonamides is 1. The number of ether oxygens (including phenoxy) is 1. The lowest BCUT2D eigenvalue weighted by Crippen LogP contribution is -2.35. The van der Waals surface area contributed by atoms with Crippen molar-refractivity contribution in [1.29, 1.82) is 0 Å². The van der Waals surface area contributed by atoms with Crippen molar-refractivity contribution < 1.29 is 26.3 Å². The molecule has 128 valence electrons. The van der Waals surface area contributed by atoms with Crippen LogP contribution in [0.4, 0.5) is 18.9 Å². The van der Waals surface area contributed by atoms with E-state index in [0.29, 0.717) is 12.1 Å². The van der Waals surface area contributed by atoms with Crippen molar-refractivity contribution in [3.8, 4) is 5.75 Å². The summed E-state index contributed by atoms with van der Waals surface area (Å²) in [6, 6.07) is 11.5. The molecule has 1 aliphatic rings. The molecule has 0 aliphatic carbocycles. The quantitative estimate of drug-likeness (QED) is 0.841. The van der Waals surface area contributed by atoms with Gasteiger partial charge in [0, 0.05) is 12.6 Å². The molecule has 2 aromatic carbocycles. The number of halogens is 3. The van der Waals surface area contributed by atoms with Crippen LogP contribution in [-0.2, 0) is 16.4 Å². The van der Waals surface area contributed by atoms with Crippen LogP contribution in [0.3, 0.4) is 0 Å². The molecule has 0 fully saturated rings. The Morgan fingerprint density at radius 1 is 1.04 bits per heavy atom. The molecule has 0 saturated heterocycles. The second kappa shape index (κ2) is 6.01. The summed E-state index contributed by atoms with van der Waals surface area (Å²) in [5.41, 5.74) is 1.46. The van der Waals surface area contributed by atoms with Crippen LogP contribution in [0, 0.1) is 0 Å². The average molecular weight is 357 g/mol. The molecule has 3 rings (SSSR count). The maximum absolute atomic E-state index is 12.9. The summed E-state index contributed by atoms with van der Waals surface area (Å²) in [6.07, 6.45) is -3.46. The predicted octanol–water partition coefficient (Wildman–Crippen LogP) is 3.73. The number of aryl methyl sites for hydroxylation is 1. The van der Waals surface area contributed by atoms with E-state index in [9.17, 15) is 21.6 Å². The van der Waals surface area contributed by atoms with Crippen LogP contribution >= 0.6 is 0 Å². The van der Waals surface area contributed by atoms with Crippen LogP contribution in [-0.4, -0.2) is 21.3 Å². The summed E-state index contributed by atoms with van der Waals surface area (Å²) in [4.78, 5) is -0.235. The van der Waals surface area contributed by atoms with E-state index in [2.05, 4.69) is 4.74 Å². The number of nitrogens with zero attached hydrogens (tertiary/aromatic N) is 1. The number of rotatable bonds is 3. The fourth-order valence-electron chi connectivity index (χ4n) is 2.71. The molecule has 0 spiro atoms. The Morgan fingerprint density at radius 3 is 2.54 bits per heavy atom. The Hall–Kier alpha value is -2.22. The van der Waals surface area contributed by atoms with Crippen molar-refractivity contribution in [2.45, 2.75) is 24.1 Å². The third kappa shape index (κ3) is 3.33. The highest BCUT2D eigenvalue weighted by Crippen LogP contribution is 2.33. The van der Waals surface area contributed by atoms with Gasteiger partial charge in [0.15, 0.2) is 0 Å². The van der Waals surface area contributed by atoms with Gasteiger partial charge >= 0.3 is 6.36 Å². The van der Waals surface area contributed by atoms with Crippen LogP contribution < -0.4 is 9.04 Å². The first-order valence-electron chi connectivity index (χ1n) is 7.24. The van der Waals surface area contributed by atoms with Gasteiger partial charge in [0.1, 0.15) is 5.75 Å². The minimum atomic E-state index is -4.87. The number of fused-ring (bicyclic) bond motifs is 1. The van der Waals surface area contributed by atoms with Gasteiger partial charge in [-0.3, -0.25) is 4.31 Å². The van der Waals surface area contributed by atoms with Crippen molar-refractivity contribution in [1.82, 2.24) is 0 Å². The van der Waals surface area contributed by atoms with Crippen molar-refractivity contribution in [3.05, 3.63) is 54.1 Å². The van der Waals surface area contributed by atoms with Gasteiger partial charge in [-0.05, 0) is 36.6 Å². The second-order valence-electron chi connectivity index (χ2n) is 5.33. The van der Waals surface area contributed by atoms with Gasteiger partial charge in [0.05, 0.1) is 10.6 Å². The predicted molar refractivity (Wildman–Crippen MR) is 82.4 cm³/mol. The maximum Gasteiger partial charge on any atom is 0.573 e. The van der Waals surface area contributed by atoms with Crippen LogP contribution in [0.1, 0.15) is 12.0 Å². The first-order chi connectivity index (χ1) is 11.3. The summed E-state index contributed by atoms with van der Waals surface area (Å²) in [7, 11) is -3.97. The smallest absolute Gasteiger partial charge is 0.406 e. The third-order valence-electron chi connectivity index (χ3n) is 3.69. The molecule has 0 radical (unpaired) electrons. The molecule has 2 aromatic rings. The van der Waals surface area contributed by atoms with Crippen molar-refractivity contribution in [2.75, 3.05) is 10.8 Å². The van der Waals surface area contributed by atoms with Gasteiger partial charge in [-0.15, -0.1) is 13.2 Å². The molecule has 1 aliphatic heterocycles. The molecule has 8 heteroatoms. The number of alkyl halides is 3. The minimum Gasteiger partial charge on any atom is -0.406 e. The van der Waals surface area contributed by atoms with Crippen molar-refractivity contribution in [3.63, 3.8) is 0 Å². The molecule has 1 heterocycles. The van der Waals surface area contributed by atoms with E-state index in [1.165, 1.54) is 16.4 Å². The normalized spacial score (nSPS) is 15.0. The molecule has 0 bridgehead atoms. The fourth-order valence-corrected chi connectivity index (χ4v) is 4.28. The van der Waals surface area contributed by atoms with Crippen LogP contribution in [0.5, 0.6) is 5.75 Å². The van der Waals surface area contributed by atoms with Crippen LogP contribution in [0.15, 0.2) is 53.4 Å². The van der Waals surface area contributed by atoms with E-state index in [0.717, 1.165) is 24.1 Å². The van der Waals surface area contributed by atoms with E-state index in [4.69, 9.17) is 0 Å². The minimum absolute atomic E-state index is 0.235. The van der Waals surface area contributed by atoms with E-state index >= 15 is 0 Å². The topological polar surface area (TPSA) is 46.6 Å². The van der Waals surface area contributed by atoms with Gasteiger partial charge in [-0.2, -0.15) is 0 Å². The Labute approximate surface area is 137 Å². The van der Waals surface area contributed by atoms with Crippen LogP contribution in [0.2, 0.25) is 0 Å². The molecule has 0 atom stereocenters. The molecule has 0 amide bonds. The largest absolute Gasteiger partial charge is 0.573 e. The lowest BCUT2D eigenvalue weighted by atomic mass is 10.0. The standard InChI is InChI=1S/C16H14F3NO3S/c17-16(18,19)23-13-7-3-8-14(11-13)24(21,22)20-10-4-6-12-5-1-2-9-15(12)20/h1-3,5,7-9,11H,4,6,10H2. The number of para-hydroxylation sites is 1. The summed E-state index contributed by atoms with van der Waals surface area (Å²) in [5, 5.41) is 0. The van der Waals surface area contributed by atoms with E-state index in [1.807, 2.05) is 12.1 Å². The highest BCUT2D eigenvalue weighted by Gasteiger charge is 2.33. The zero-order valence-corrected chi connectivity index (χ0v) is 13.3. The molecule has 0 saturated carbocycles. The van der Waals surface area contributed by atoms with Gasteiger partial charge in [-0.1, -0.05) is 24.3 Å². The Morgan fingerprint density at radius 2 is 1.79 bits per heavy atom. The van der Waals surface area contributed by atoms with E-state index in [1.54, 1.807) is 12.1 Å². The Kier molecular flexibility index (Phi) is 4.16. The monoisotopic (exact) mass is 357 g/mol. The number of hydrogen-bond donors (Lipinski definition) is 0. The number of benzene rings is 2. The fraction of sp³-hybridized carbons (Fsp3) is 0.250. The Bertz CT molecular complexity index is 850. The Balaban J connectivity index is 1.99. The molecule has 0 unspecified atom stereocenters. The lowest BCUT2D eigenvalue weighted by Gasteiger charge is -2.30. The highest BCUT2D eigenvalue weighted by atomic mass is 32.2. The SMILES string of the molecule is O=S(=O)(c1cccc(OC(F)(F)F)c1)N1CCCc2ccccc21. The lowest BCUT2D eigenvalue weighted by molar-refractivity contribution is -0.274. The first kappa shape index (κ1) is 16.6. The molecule has 0 N–H and O–H groups in total. The zero-order valence-electron chi connectivity index (χ0n) is 12.5. The molecular formula is C16H14F3NO3S. The zero-order chi connectivity index (χ0) is 17.4. The van der Waals surface area contributed by atoms with E-state index < -0.39 is 22.1 Å². The summed E-state index contributed by atoms with van der Waals surface area (Å²) in [6.45, 7) is 0.281. The molecule has 4 nitrogen and oxygen atoms in total. The molecule has 24 heavy (non-hydrogen) atoms. The summed E-state index contributed by atoms with van der Waals surface area (Å²) >= 11 is 0. The third-order valence-corrected chi connectivity index (χ3v) is 5.50. The number of hydrogen-bond acceptors (Lipinski definition) is 3. The van der Waals surface area contributed by atoms with Crippen molar-refractivity contribution >= 4 is 15.7 Å². The van der Waals surface area contributed by atoms with Crippen molar-refractivity contribution in [2.24, 2.45) is 0 Å². The first-order valence-corrected chi connectivity index (χ1v) is 8.68. The van der Waals surface area contributed by atoms with Gasteiger partial charge in [-0.25, -0.2) is 8.42 Å². The van der Waals surface area contributed by atoms with Crippen LogP contribution in [0.25, 0.3) is 0 Å². The summed E-state index contributed by atoms with van der Waals surface area (Å²) < 4.78 is 67.8. The maximum atomic E-state index is 12.9. The molecule has 0 aromatic heterocycles. The molecular weight excluding hydrogens is 343 g/mol. The van der Waals surface area contributed by atoms with Gasteiger partial charge in [0.2, 0.25) is 0 Å². The van der Waals surface area contributed by atoms with Gasteiger partial charge < -0.3 is 4.74 Å². The average Bonchev–Trinajstić information content (AvgIpc) is 2.53. The number of anilines is 1. The van der Waals surface area contributed by atoms with Gasteiger partial charge in [0.25, 0.3) is 10.0 Å².